The molecule has 1 atom stereocenters. The van der Waals surface area contributed by atoms with Crippen molar-refractivity contribution in [3.63, 3.8) is 0 Å². The number of hydrogen-bond acceptors (Lipinski definition) is 1. The molecule has 3 rings (SSSR count). The third-order valence-corrected chi connectivity index (χ3v) is 4.80. The first-order valence-electron chi connectivity index (χ1n) is 7.71. The fraction of sp³-hybridized carbons (Fsp3) is 0.444. The summed E-state index contributed by atoms with van der Waals surface area (Å²) >= 11 is 6.35. The minimum Gasteiger partial charge on any atom is -0.310 e. The normalized spacial score (nSPS) is 17.1. The Hall–Kier alpha value is -1.05. The van der Waals surface area contributed by atoms with Crippen molar-refractivity contribution in [1.29, 1.82) is 0 Å². The summed E-state index contributed by atoms with van der Waals surface area (Å²) in [5, 5.41) is 7.09. The van der Waals surface area contributed by atoms with Gasteiger partial charge in [0.2, 0.25) is 0 Å². The van der Waals surface area contributed by atoms with Crippen molar-refractivity contribution >= 4 is 22.4 Å². The predicted octanol–water partition coefficient (Wildman–Crippen LogP) is 5.33. The van der Waals surface area contributed by atoms with Crippen LogP contribution in [0.5, 0.6) is 0 Å². The Morgan fingerprint density at radius 1 is 1.15 bits per heavy atom. The van der Waals surface area contributed by atoms with Gasteiger partial charge in [-0.3, -0.25) is 0 Å². The molecule has 1 aliphatic rings. The highest BCUT2D eigenvalue weighted by atomic mass is 35.5. The van der Waals surface area contributed by atoms with E-state index in [0.717, 1.165) is 17.5 Å². The third-order valence-electron chi connectivity index (χ3n) is 4.48. The van der Waals surface area contributed by atoms with Gasteiger partial charge in [-0.15, -0.1) is 0 Å². The number of benzene rings is 2. The lowest BCUT2D eigenvalue weighted by atomic mass is 9.76. The van der Waals surface area contributed by atoms with Crippen LogP contribution in [0.2, 0.25) is 5.02 Å². The minimum absolute atomic E-state index is 0.478. The minimum atomic E-state index is 0.478. The highest BCUT2D eigenvalue weighted by Crippen LogP contribution is 2.40. The molecule has 1 fully saturated rings. The van der Waals surface area contributed by atoms with Crippen LogP contribution >= 0.6 is 11.6 Å². The molecule has 0 heterocycles. The second kappa shape index (κ2) is 6.15. The summed E-state index contributed by atoms with van der Waals surface area (Å²) in [4.78, 5) is 0. The fourth-order valence-corrected chi connectivity index (χ4v) is 3.39. The fourth-order valence-electron chi connectivity index (χ4n) is 3.16. The molecule has 0 bridgehead atoms. The summed E-state index contributed by atoms with van der Waals surface area (Å²) in [7, 11) is 0. The van der Waals surface area contributed by atoms with Gasteiger partial charge in [-0.1, -0.05) is 55.3 Å². The summed E-state index contributed by atoms with van der Waals surface area (Å²) in [5.74, 6) is 0.783. The standard InChI is InChI=1S/C18H22ClN/c1-2-12-20-18(13-6-5-7-13)16-10-11-17(19)15-9-4-3-8-14(15)16/h3-4,8-11,13,18,20H,2,5-7,12H2,1H3. The van der Waals surface area contributed by atoms with Crippen LogP contribution in [0.25, 0.3) is 10.8 Å². The summed E-state index contributed by atoms with van der Waals surface area (Å²) in [6.07, 6.45) is 5.24. The molecule has 106 valence electrons. The molecule has 2 aromatic carbocycles. The maximum atomic E-state index is 6.35. The Kier molecular flexibility index (Phi) is 4.28. The molecule has 0 aliphatic heterocycles. The van der Waals surface area contributed by atoms with Crippen molar-refractivity contribution in [2.45, 2.75) is 38.6 Å². The molecular weight excluding hydrogens is 266 g/mol. The largest absolute Gasteiger partial charge is 0.310 e. The average Bonchev–Trinajstić information content (AvgIpc) is 2.42. The van der Waals surface area contributed by atoms with Gasteiger partial charge in [-0.2, -0.15) is 0 Å². The van der Waals surface area contributed by atoms with Crippen molar-refractivity contribution in [2.75, 3.05) is 6.54 Å². The molecule has 1 nitrogen and oxygen atoms in total. The molecule has 2 aromatic rings. The van der Waals surface area contributed by atoms with Crippen LogP contribution in [0.1, 0.15) is 44.2 Å². The maximum Gasteiger partial charge on any atom is 0.0484 e. The smallest absolute Gasteiger partial charge is 0.0484 e. The number of fused-ring (bicyclic) bond motifs is 1. The van der Waals surface area contributed by atoms with E-state index in [9.17, 15) is 0 Å². The second-order valence-corrected chi connectivity index (χ2v) is 6.21. The van der Waals surface area contributed by atoms with E-state index < -0.39 is 0 Å². The van der Waals surface area contributed by atoms with Gasteiger partial charge in [0.25, 0.3) is 0 Å². The number of hydrogen-bond donors (Lipinski definition) is 1. The molecule has 0 amide bonds. The lowest BCUT2D eigenvalue weighted by molar-refractivity contribution is 0.232. The topological polar surface area (TPSA) is 12.0 Å². The van der Waals surface area contributed by atoms with Crippen LogP contribution in [0.4, 0.5) is 0 Å². The van der Waals surface area contributed by atoms with E-state index in [1.807, 2.05) is 0 Å². The molecule has 0 aromatic heterocycles. The molecule has 1 saturated carbocycles. The van der Waals surface area contributed by atoms with E-state index in [4.69, 9.17) is 11.6 Å². The number of nitrogens with one attached hydrogen (secondary N) is 1. The van der Waals surface area contributed by atoms with E-state index >= 15 is 0 Å². The average molecular weight is 288 g/mol. The molecule has 0 saturated heterocycles. The van der Waals surface area contributed by atoms with Gasteiger partial charge in [-0.05, 0) is 48.7 Å². The van der Waals surface area contributed by atoms with Crippen LogP contribution in [-0.2, 0) is 0 Å². The van der Waals surface area contributed by atoms with Crippen LogP contribution in [0, 0.1) is 5.92 Å². The monoisotopic (exact) mass is 287 g/mol. The van der Waals surface area contributed by atoms with Gasteiger partial charge in [-0.25, -0.2) is 0 Å². The van der Waals surface area contributed by atoms with Gasteiger partial charge in [0, 0.05) is 16.5 Å². The van der Waals surface area contributed by atoms with Gasteiger partial charge >= 0.3 is 0 Å². The Labute approximate surface area is 126 Å². The molecule has 1 N–H and O–H groups in total. The highest BCUT2D eigenvalue weighted by molar-refractivity contribution is 6.35. The van der Waals surface area contributed by atoms with Crippen LogP contribution in [-0.4, -0.2) is 6.54 Å². The molecule has 2 heteroatoms. The van der Waals surface area contributed by atoms with E-state index in [0.29, 0.717) is 6.04 Å². The zero-order valence-electron chi connectivity index (χ0n) is 12.0. The molecule has 0 radical (unpaired) electrons. The molecule has 1 aliphatic carbocycles. The van der Waals surface area contributed by atoms with Gasteiger partial charge in [0.1, 0.15) is 0 Å². The SMILES string of the molecule is CCCNC(c1ccc(Cl)c2ccccc12)C1CCC1. The van der Waals surface area contributed by atoms with Gasteiger partial charge < -0.3 is 5.32 Å². The summed E-state index contributed by atoms with van der Waals surface area (Å²) in [6, 6.07) is 13.3. The zero-order valence-corrected chi connectivity index (χ0v) is 12.8. The predicted molar refractivity (Wildman–Crippen MR) is 87.3 cm³/mol. The van der Waals surface area contributed by atoms with E-state index in [1.165, 1.54) is 42.0 Å². The highest BCUT2D eigenvalue weighted by Gasteiger charge is 2.29. The number of halogens is 1. The van der Waals surface area contributed by atoms with Crippen LogP contribution in [0.3, 0.4) is 0 Å². The Morgan fingerprint density at radius 3 is 2.55 bits per heavy atom. The Morgan fingerprint density at radius 2 is 1.90 bits per heavy atom. The Balaban J connectivity index is 2.03. The van der Waals surface area contributed by atoms with Crippen molar-refractivity contribution in [1.82, 2.24) is 5.32 Å². The van der Waals surface area contributed by atoms with Gasteiger partial charge in [0.05, 0.1) is 0 Å². The third kappa shape index (κ3) is 2.57. The summed E-state index contributed by atoms with van der Waals surface area (Å²) in [5.41, 5.74) is 1.42. The van der Waals surface area contributed by atoms with E-state index in [1.54, 1.807) is 0 Å². The molecule has 20 heavy (non-hydrogen) atoms. The lowest BCUT2D eigenvalue weighted by Crippen LogP contribution is -2.32. The quantitative estimate of drug-likeness (QED) is 0.783. The maximum absolute atomic E-state index is 6.35. The summed E-state index contributed by atoms with van der Waals surface area (Å²) in [6.45, 7) is 3.31. The number of rotatable bonds is 5. The first-order chi connectivity index (χ1) is 9.81. The van der Waals surface area contributed by atoms with E-state index in [2.05, 4.69) is 48.6 Å². The lowest BCUT2D eigenvalue weighted by Gasteiger charge is -2.35. The van der Waals surface area contributed by atoms with Gasteiger partial charge in [0.15, 0.2) is 0 Å². The zero-order chi connectivity index (χ0) is 13.9. The van der Waals surface area contributed by atoms with Crippen LogP contribution in [0.15, 0.2) is 36.4 Å². The van der Waals surface area contributed by atoms with Crippen molar-refractivity contribution in [3.8, 4) is 0 Å². The molecule has 1 unspecified atom stereocenters. The van der Waals surface area contributed by atoms with Crippen molar-refractivity contribution in [3.05, 3.63) is 47.0 Å². The Bertz CT molecular complexity index is 589. The summed E-state index contributed by atoms with van der Waals surface area (Å²) < 4.78 is 0. The first-order valence-corrected chi connectivity index (χ1v) is 8.09. The molecular formula is C18H22ClN. The first kappa shape index (κ1) is 13.9. The second-order valence-electron chi connectivity index (χ2n) is 5.80. The van der Waals surface area contributed by atoms with Crippen molar-refractivity contribution < 1.29 is 0 Å². The molecule has 0 spiro atoms. The van der Waals surface area contributed by atoms with E-state index in [-0.39, 0.29) is 0 Å². The van der Waals surface area contributed by atoms with Crippen molar-refractivity contribution in [2.24, 2.45) is 5.92 Å². The van der Waals surface area contributed by atoms with Crippen LogP contribution < -0.4 is 5.32 Å².